The van der Waals surface area contributed by atoms with Crippen LogP contribution < -0.4 is 15.4 Å². The van der Waals surface area contributed by atoms with Crippen LogP contribution in [-0.2, 0) is 9.53 Å². The minimum absolute atomic E-state index is 0.111. The molecule has 0 saturated heterocycles. The molecule has 0 aromatic heterocycles. The number of methoxy groups -OCH3 is 1. The molecule has 2 aromatic rings. The lowest BCUT2D eigenvalue weighted by atomic mass is 10.2. The van der Waals surface area contributed by atoms with E-state index >= 15 is 0 Å². The van der Waals surface area contributed by atoms with Crippen molar-refractivity contribution >= 4 is 17.3 Å². The number of anilines is 2. The van der Waals surface area contributed by atoms with Crippen LogP contribution in [0, 0.1) is 6.92 Å². The normalized spacial score (nSPS) is 10.2. The van der Waals surface area contributed by atoms with Crippen molar-refractivity contribution in [2.24, 2.45) is 0 Å². The van der Waals surface area contributed by atoms with Crippen LogP contribution in [0.4, 0.5) is 11.4 Å². The van der Waals surface area contributed by atoms with Crippen LogP contribution in [0.25, 0.3) is 0 Å². The molecule has 1 amide bonds. The molecule has 0 saturated carbocycles. The lowest BCUT2D eigenvalue weighted by Crippen LogP contribution is -2.21. The second-order valence-corrected chi connectivity index (χ2v) is 5.14. The van der Waals surface area contributed by atoms with Crippen LogP contribution in [0.3, 0.4) is 0 Å². The number of rotatable bonds is 8. The van der Waals surface area contributed by atoms with Gasteiger partial charge in [-0.15, -0.1) is 0 Å². The molecule has 0 unspecified atom stereocenters. The largest absolute Gasteiger partial charge is 0.491 e. The number of aryl methyl sites for hydroxylation is 1. The summed E-state index contributed by atoms with van der Waals surface area (Å²) in [6, 6.07) is 15.2. The molecule has 0 fully saturated rings. The zero-order valence-corrected chi connectivity index (χ0v) is 13.5. The first-order chi connectivity index (χ1) is 11.2. The lowest BCUT2D eigenvalue weighted by molar-refractivity contribution is -0.114. The van der Waals surface area contributed by atoms with Crippen LogP contribution >= 0.6 is 0 Å². The summed E-state index contributed by atoms with van der Waals surface area (Å²) < 4.78 is 10.5. The van der Waals surface area contributed by atoms with Crippen LogP contribution in [0.1, 0.15) is 5.56 Å². The van der Waals surface area contributed by atoms with Crippen molar-refractivity contribution in [2.75, 3.05) is 37.5 Å². The Balaban J connectivity index is 1.83. The maximum absolute atomic E-state index is 12.0. The van der Waals surface area contributed by atoms with Crippen molar-refractivity contribution in [1.82, 2.24) is 0 Å². The molecule has 23 heavy (non-hydrogen) atoms. The fraction of sp³-hybridized carbons (Fsp3) is 0.278. The van der Waals surface area contributed by atoms with Gasteiger partial charge in [0.15, 0.2) is 0 Å². The van der Waals surface area contributed by atoms with E-state index in [2.05, 4.69) is 10.6 Å². The van der Waals surface area contributed by atoms with Gasteiger partial charge < -0.3 is 20.1 Å². The number of hydrogen-bond acceptors (Lipinski definition) is 4. The van der Waals surface area contributed by atoms with Gasteiger partial charge in [-0.05, 0) is 36.8 Å². The Hall–Kier alpha value is -2.53. The third kappa shape index (κ3) is 6.00. The van der Waals surface area contributed by atoms with Crippen molar-refractivity contribution in [1.29, 1.82) is 0 Å². The Morgan fingerprint density at radius 2 is 1.83 bits per heavy atom. The monoisotopic (exact) mass is 314 g/mol. The number of benzene rings is 2. The quantitative estimate of drug-likeness (QED) is 0.735. The second-order valence-electron chi connectivity index (χ2n) is 5.14. The summed E-state index contributed by atoms with van der Waals surface area (Å²) in [7, 11) is 1.63. The van der Waals surface area contributed by atoms with Gasteiger partial charge in [0, 0.05) is 24.6 Å². The summed E-state index contributed by atoms with van der Waals surface area (Å²) in [5.74, 6) is 0.590. The van der Waals surface area contributed by atoms with Gasteiger partial charge in [-0.1, -0.05) is 18.2 Å². The van der Waals surface area contributed by atoms with Gasteiger partial charge in [-0.25, -0.2) is 0 Å². The maximum atomic E-state index is 12.0. The number of amides is 1. The first-order valence-electron chi connectivity index (χ1n) is 7.49. The van der Waals surface area contributed by atoms with Crippen molar-refractivity contribution in [3.05, 3.63) is 54.1 Å². The molecular weight excluding hydrogens is 292 g/mol. The Bertz CT molecular complexity index is 644. The molecule has 122 valence electrons. The van der Waals surface area contributed by atoms with Gasteiger partial charge in [0.2, 0.25) is 5.91 Å². The van der Waals surface area contributed by atoms with E-state index in [9.17, 15) is 4.79 Å². The first-order valence-corrected chi connectivity index (χ1v) is 7.49. The van der Waals surface area contributed by atoms with Gasteiger partial charge in [0.1, 0.15) is 12.4 Å². The summed E-state index contributed by atoms with van der Waals surface area (Å²) in [6.45, 7) is 3.22. The molecule has 5 heteroatoms. The summed E-state index contributed by atoms with van der Waals surface area (Å²) in [4.78, 5) is 12.0. The molecule has 0 radical (unpaired) electrons. The Labute approximate surface area is 136 Å². The van der Waals surface area contributed by atoms with Gasteiger partial charge in [0.25, 0.3) is 0 Å². The van der Waals surface area contributed by atoms with Crippen LogP contribution in [0.2, 0.25) is 0 Å². The van der Waals surface area contributed by atoms with E-state index in [0.717, 1.165) is 11.3 Å². The van der Waals surface area contributed by atoms with Crippen LogP contribution in [0.15, 0.2) is 48.5 Å². The van der Waals surface area contributed by atoms with E-state index in [4.69, 9.17) is 9.47 Å². The standard InChI is InChI=1S/C18H22N2O3/c1-14-5-3-6-15(11-14)19-13-18(21)20-16-7-4-8-17(12-16)23-10-9-22-2/h3-8,11-12,19H,9-10,13H2,1-2H3,(H,20,21). The van der Waals surface area contributed by atoms with Gasteiger partial charge in [-0.3, -0.25) is 4.79 Å². The lowest BCUT2D eigenvalue weighted by Gasteiger charge is -2.10. The molecule has 2 aromatic carbocycles. The van der Waals surface area contributed by atoms with E-state index in [1.807, 2.05) is 49.4 Å². The van der Waals surface area contributed by atoms with Crippen molar-refractivity contribution in [3.8, 4) is 5.75 Å². The Morgan fingerprint density at radius 1 is 1.04 bits per heavy atom. The van der Waals surface area contributed by atoms with E-state index in [0.29, 0.717) is 24.7 Å². The molecule has 0 bridgehead atoms. The molecule has 0 aliphatic rings. The maximum Gasteiger partial charge on any atom is 0.243 e. The number of nitrogens with one attached hydrogen (secondary N) is 2. The SMILES string of the molecule is COCCOc1cccc(NC(=O)CNc2cccc(C)c2)c1. The fourth-order valence-electron chi connectivity index (χ4n) is 2.05. The summed E-state index contributed by atoms with van der Waals surface area (Å²) in [5.41, 5.74) is 2.78. The topological polar surface area (TPSA) is 59.6 Å². The van der Waals surface area contributed by atoms with Crippen LogP contribution in [-0.4, -0.2) is 32.8 Å². The third-order valence-electron chi connectivity index (χ3n) is 3.15. The molecule has 2 N–H and O–H groups in total. The molecular formula is C18H22N2O3. The van der Waals surface area contributed by atoms with E-state index in [1.54, 1.807) is 13.2 Å². The number of hydrogen-bond donors (Lipinski definition) is 2. The molecule has 0 aliphatic carbocycles. The summed E-state index contributed by atoms with van der Waals surface area (Å²) >= 11 is 0. The number of carbonyl (C=O) groups excluding carboxylic acids is 1. The third-order valence-corrected chi connectivity index (χ3v) is 3.15. The fourth-order valence-corrected chi connectivity index (χ4v) is 2.05. The van der Waals surface area contributed by atoms with E-state index in [1.165, 1.54) is 0 Å². The molecule has 0 atom stereocenters. The highest BCUT2D eigenvalue weighted by molar-refractivity contribution is 5.93. The van der Waals surface area contributed by atoms with Gasteiger partial charge >= 0.3 is 0 Å². The van der Waals surface area contributed by atoms with Crippen molar-refractivity contribution in [2.45, 2.75) is 6.92 Å². The minimum atomic E-state index is -0.111. The zero-order valence-electron chi connectivity index (χ0n) is 13.5. The molecule has 0 spiro atoms. The number of carbonyl (C=O) groups is 1. The van der Waals surface area contributed by atoms with E-state index < -0.39 is 0 Å². The summed E-state index contributed by atoms with van der Waals surface area (Å²) in [6.07, 6.45) is 0. The van der Waals surface area contributed by atoms with E-state index in [-0.39, 0.29) is 12.5 Å². The highest BCUT2D eigenvalue weighted by Crippen LogP contribution is 2.17. The Morgan fingerprint density at radius 3 is 2.61 bits per heavy atom. The predicted molar refractivity (Wildman–Crippen MR) is 92.1 cm³/mol. The highest BCUT2D eigenvalue weighted by atomic mass is 16.5. The van der Waals surface area contributed by atoms with Crippen LogP contribution in [0.5, 0.6) is 5.75 Å². The molecule has 2 rings (SSSR count). The molecule has 0 aliphatic heterocycles. The summed E-state index contributed by atoms with van der Waals surface area (Å²) in [5, 5.41) is 5.95. The predicted octanol–water partition coefficient (Wildman–Crippen LogP) is 3.07. The average molecular weight is 314 g/mol. The molecule has 0 heterocycles. The smallest absolute Gasteiger partial charge is 0.243 e. The first kappa shape index (κ1) is 16.8. The average Bonchev–Trinajstić information content (AvgIpc) is 2.54. The van der Waals surface area contributed by atoms with Gasteiger partial charge in [0.05, 0.1) is 13.2 Å². The van der Waals surface area contributed by atoms with Crippen molar-refractivity contribution < 1.29 is 14.3 Å². The van der Waals surface area contributed by atoms with Crippen molar-refractivity contribution in [3.63, 3.8) is 0 Å². The number of ether oxygens (including phenoxy) is 2. The van der Waals surface area contributed by atoms with Gasteiger partial charge in [-0.2, -0.15) is 0 Å². The second kappa shape index (κ2) is 8.80. The molecule has 5 nitrogen and oxygen atoms in total. The minimum Gasteiger partial charge on any atom is -0.491 e. The zero-order chi connectivity index (χ0) is 16.5. The Kier molecular flexibility index (Phi) is 6.44. The highest BCUT2D eigenvalue weighted by Gasteiger charge is 2.04.